The molecule has 0 fully saturated rings. The summed E-state index contributed by atoms with van der Waals surface area (Å²) in [6, 6.07) is 17.2. The molecule has 3 aromatic carbocycles. The molecule has 1 atom stereocenters. The van der Waals surface area contributed by atoms with E-state index in [0.717, 1.165) is 16.1 Å². The minimum absolute atomic E-state index is 0.0423. The molecule has 0 bridgehead atoms. The van der Waals surface area contributed by atoms with E-state index < -0.39 is 34.4 Å². The molecule has 12 heteroatoms. The first-order chi connectivity index (χ1) is 18.8. The SMILES string of the molecule is CC(C)NC(=O)[C@@H](Cc1ccccc1)N(Cc1ccc(Cl)cc1Cl)C(=O)CN(c1cc(Cl)ccc1Cl)S(C)(=O)=O. The van der Waals surface area contributed by atoms with Crippen molar-refractivity contribution in [2.45, 2.75) is 38.9 Å². The fraction of sp³-hybridized carbons (Fsp3) is 0.286. The highest BCUT2D eigenvalue weighted by Crippen LogP contribution is 2.31. The quantitative estimate of drug-likeness (QED) is 0.268. The van der Waals surface area contributed by atoms with E-state index in [9.17, 15) is 18.0 Å². The molecular formula is C28H29Cl4N3O4S. The third kappa shape index (κ3) is 8.75. The van der Waals surface area contributed by atoms with Gasteiger partial charge in [-0.25, -0.2) is 8.42 Å². The molecule has 3 rings (SSSR count). The second kappa shape index (κ2) is 13.9. The number of carbonyl (C=O) groups excluding carboxylic acids is 2. The number of amides is 2. The van der Waals surface area contributed by atoms with Gasteiger partial charge in [-0.1, -0.05) is 82.8 Å². The maximum absolute atomic E-state index is 14.1. The Kier molecular flexibility index (Phi) is 11.1. The first-order valence-corrected chi connectivity index (χ1v) is 15.6. The molecule has 0 aliphatic heterocycles. The number of halogens is 4. The van der Waals surface area contributed by atoms with Crippen LogP contribution < -0.4 is 9.62 Å². The van der Waals surface area contributed by atoms with E-state index in [1.165, 1.54) is 29.2 Å². The zero-order chi connectivity index (χ0) is 29.6. The summed E-state index contributed by atoms with van der Waals surface area (Å²) in [6.45, 7) is 2.90. The van der Waals surface area contributed by atoms with E-state index in [2.05, 4.69) is 5.32 Å². The summed E-state index contributed by atoms with van der Waals surface area (Å²) in [4.78, 5) is 29.0. The van der Waals surface area contributed by atoms with Crippen LogP contribution >= 0.6 is 46.4 Å². The van der Waals surface area contributed by atoms with Crippen molar-refractivity contribution in [3.63, 3.8) is 0 Å². The Morgan fingerprint density at radius 1 is 0.875 bits per heavy atom. The Morgan fingerprint density at radius 3 is 2.10 bits per heavy atom. The minimum atomic E-state index is -4.00. The van der Waals surface area contributed by atoms with Crippen LogP contribution in [0.3, 0.4) is 0 Å². The predicted octanol–water partition coefficient (Wildman–Crippen LogP) is 6.23. The van der Waals surface area contributed by atoms with Crippen molar-refractivity contribution in [1.29, 1.82) is 0 Å². The van der Waals surface area contributed by atoms with Crippen molar-refractivity contribution in [3.8, 4) is 0 Å². The topological polar surface area (TPSA) is 86.8 Å². The normalized spacial score (nSPS) is 12.2. The molecule has 0 unspecified atom stereocenters. The van der Waals surface area contributed by atoms with Crippen LogP contribution in [-0.2, 0) is 32.6 Å². The maximum atomic E-state index is 14.1. The van der Waals surface area contributed by atoms with Crippen molar-refractivity contribution >= 4 is 73.9 Å². The summed E-state index contributed by atoms with van der Waals surface area (Å²) in [7, 11) is -4.00. The first kappa shape index (κ1) is 32.0. The molecule has 0 aromatic heterocycles. The third-order valence-corrected chi connectivity index (χ3v) is 8.18. The summed E-state index contributed by atoms with van der Waals surface area (Å²) in [5.74, 6) is -1.05. The summed E-state index contributed by atoms with van der Waals surface area (Å²) in [5, 5.41) is 3.92. The third-order valence-electron chi connectivity index (χ3n) is 5.91. The zero-order valence-electron chi connectivity index (χ0n) is 22.1. The fourth-order valence-electron chi connectivity index (χ4n) is 4.04. The first-order valence-electron chi connectivity index (χ1n) is 12.3. The van der Waals surface area contributed by atoms with E-state index >= 15 is 0 Å². The van der Waals surface area contributed by atoms with Gasteiger partial charge in [0.05, 0.1) is 17.0 Å². The average Bonchev–Trinajstić information content (AvgIpc) is 2.86. The van der Waals surface area contributed by atoms with Crippen LogP contribution in [0, 0.1) is 0 Å². The minimum Gasteiger partial charge on any atom is -0.352 e. The maximum Gasteiger partial charge on any atom is 0.244 e. The van der Waals surface area contributed by atoms with Crippen LogP contribution in [0.5, 0.6) is 0 Å². The lowest BCUT2D eigenvalue weighted by molar-refractivity contribution is -0.140. The summed E-state index contributed by atoms with van der Waals surface area (Å²) < 4.78 is 26.6. The van der Waals surface area contributed by atoms with Gasteiger partial charge in [0.1, 0.15) is 12.6 Å². The summed E-state index contributed by atoms with van der Waals surface area (Å²) in [6.07, 6.45) is 1.14. The van der Waals surface area contributed by atoms with Gasteiger partial charge in [0.25, 0.3) is 0 Å². The molecule has 0 radical (unpaired) electrons. The number of hydrogen-bond donors (Lipinski definition) is 1. The van der Waals surface area contributed by atoms with Crippen LogP contribution in [0.1, 0.15) is 25.0 Å². The summed E-state index contributed by atoms with van der Waals surface area (Å²) in [5.41, 5.74) is 1.38. The Hall–Kier alpha value is -2.49. The highest BCUT2D eigenvalue weighted by molar-refractivity contribution is 7.92. The van der Waals surface area contributed by atoms with E-state index in [4.69, 9.17) is 46.4 Å². The molecule has 214 valence electrons. The fourth-order valence-corrected chi connectivity index (χ4v) is 5.80. The van der Waals surface area contributed by atoms with Gasteiger partial charge < -0.3 is 10.2 Å². The van der Waals surface area contributed by atoms with E-state index in [-0.39, 0.29) is 34.7 Å². The number of nitrogens with one attached hydrogen (secondary N) is 1. The number of benzene rings is 3. The number of hydrogen-bond acceptors (Lipinski definition) is 4. The van der Waals surface area contributed by atoms with Crippen molar-refractivity contribution in [2.75, 3.05) is 17.1 Å². The molecule has 0 saturated carbocycles. The van der Waals surface area contributed by atoms with Crippen LogP contribution in [0.15, 0.2) is 66.7 Å². The predicted molar refractivity (Wildman–Crippen MR) is 163 cm³/mol. The Balaban J connectivity index is 2.11. The summed E-state index contributed by atoms with van der Waals surface area (Å²) >= 11 is 25.0. The van der Waals surface area contributed by atoms with Crippen molar-refractivity contribution < 1.29 is 18.0 Å². The molecule has 7 nitrogen and oxygen atoms in total. The van der Waals surface area contributed by atoms with Crippen LogP contribution in [0.4, 0.5) is 5.69 Å². The van der Waals surface area contributed by atoms with Gasteiger partial charge in [-0.05, 0) is 55.3 Å². The standard InChI is InChI=1S/C28H29Cl4N3O4S/c1-18(2)33-28(37)26(13-19-7-5-4-6-8-19)34(16-20-9-10-21(29)14-24(20)32)27(36)17-35(40(3,38)39)25-15-22(30)11-12-23(25)31/h4-12,14-15,18,26H,13,16-17H2,1-3H3,(H,33,37)/t26-/m1/s1. The van der Waals surface area contributed by atoms with Crippen LogP contribution in [0.2, 0.25) is 20.1 Å². The van der Waals surface area contributed by atoms with Crippen molar-refractivity contribution in [1.82, 2.24) is 10.2 Å². The van der Waals surface area contributed by atoms with E-state index in [1.807, 2.05) is 44.2 Å². The van der Waals surface area contributed by atoms with E-state index in [1.54, 1.807) is 12.1 Å². The molecule has 0 aliphatic rings. The second-order valence-electron chi connectivity index (χ2n) is 9.49. The number of nitrogens with zero attached hydrogens (tertiary/aromatic N) is 2. The molecule has 0 heterocycles. The molecule has 0 spiro atoms. The van der Waals surface area contributed by atoms with Gasteiger partial charge in [0.15, 0.2) is 0 Å². The largest absolute Gasteiger partial charge is 0.352 e. The van der Waals surface area contributed by atoms with Gasteiger partial charge in [0.2, 0.25) is 21.8 Å². The molecular weight excluding hydrogens is 616 g/mol. The number of carbonyl (C=O) groups is 2. The Bertz CT molecular complexity index is 1470. The van der Waals surface area contributed by atoms with E-state index in [0.29, 0.717) is 15.6 Å². The van der Waals surface area contributed by atoms with Gasteiger partial charge in [-0.3, -0.25) is 13.9 Å². The van der Waals surface area contributed by atoms with Crippen molar-refractivity contribution in [2.24, 2.45) is 0 Å². The van der Waals surface area contributed by atoms with Gasteiger partial charge >= 0.3 is 0 Å². The Labute approximate surface area is 255 Å². The number of rotatable bonds is 11. The van der Waals surface area contributed by atoms with Gasteiger partial charge in [-0.15, -0.1) is 0 Å². The molecule has 2 amide bonds. The lowest BCUT2D eigenvalue weighted by atomic mass is 10.0. The van der Waals surface area contributed by atoms with Crippen LogP contribution in [0.25, 0.3) is 0 Å². The Morgan fingerprint density at radius 2 is 1.50 bits per heavy atom. The highest BCUT2D eigenvalue weighted by atomic mass is 35.5. The molecule has 0 aliphatic carbocycles. The average molecular weight is 645 g/mol. The molecule has 3 aromatic rings. The van der Waals surface area contributed by atoms with Crippen LogP contribution in [-0.4, -0.2) is 50.0 Å². The monoisotopic (exact) mass is 643 g/mol. The number of sulfonamides is 1. The number of anilines is 1. The molecule has 40 heavy (non-hydrogen) atoms. The lowest BCUT2D eigenvalue weighted by Crippen LogP contribution is -2.54. The molecule has 1 N–H and O–H groups in total. The highest BCUT2D eigenvalue weighted by Gasteiger charge is 2.34. The van der Waals surface area contributed by atoms with Gasteiger partial charge in [-0.2, -0.15) is 0 Å². The molecule has 0 saturated heterocycles. The second-order valence-corrected chi connectivity index (χ2v) is 13.1. The van der Waals surface area contributed by atoms with Gasteiger partial charge in [0, 0.05) is 34.1 Å². The zero-order valence-corrected chi connectivity index (χ0v) is 25.9. The lowest BCUT2D eigenvalue weighted by Gasteiger charge is -2.34. The van der Waals surface area contributed by atoms with Crippen molar-refractivity contribution in [3.05, 3.63) is 97.9 Å². The smallest absolute Gasteiger partial charge is 0.244 e.